The highest BCUT2D eigenvalue weighted by atomic mass is 16.7. The van der Waals surface area contributed by atoms with E-state index in [1.807, 2.05) is 0 Å². The Hall–Kier alpha value is -0.600. The van der Waals surface area contributed by atoms with Gasteiger partial charge in [0.15, 0.2) is 6.29 Å². The summed E-state index contributed by atoms with van der Waals surface area (Å²) in [6, 6.07) is 0. The van der Waals surface area contributed by atoms with Crippen LogP contribution in [0.1, 0.15) is 118 Å². The number of allylic oxidation sites excluding steroid dienone is 3. The average Bonchev–Trinajstić information content (AvgIpc) is 3.17. The third kappa shape index (κ3) is 4.60. The van der Waals surface area contributed by atoms with E-state index >= 15 is 0 Å². The Bertz CT molecular complexity index is 774. The molecule has 5 aliphatic rings. The van der Waals surface area contributed by atoms with Crippen LogP contribution in [0.15, 0.2) is 23.3 Å². The molecular weight excluding hydrogens is 416 g/mol. The van der Waals surface area contributed by atoms with Crippen molar-refractivity contribution in [1.82, 2.24) is 0 Å². The van der Waals surface area contributed by atoms with Crippen LogP contribution in [0.3, 0.4) is 0 Å². The molecule has 0 N–H and O–H groups in total. The van der Waals surface area contributed by atoms with Crippen LogP contribution >= 0.6 is 0 Å². The first-order valence-corrected chi connectivity index (χ1v) is 14.9. The van der Waals surface area contributed by atoms with Gasteiger partial charge in [0, 0.05) is 6.61 Å². The van der Waals surface area contributed by atoms with E-state index in [4.69, 9.17) is 9.47 Å². The van der Waals surface area contributed by atoms with Gasteiger partial charge in [-0.1, -0.05) is 51.0 Å². The lowest BCUT2D eigenvalue weighted by atomic mass is 9.47. The third-order valence-corrected chi connectivity index (χ3v) is 11.3. The van der Waals surface area contributed by atoms with Crippen LogP contribution in [-0.2, 0) is 9.47 Å². The normalized spacial score (nSPS) is 44.9. The first-order valence-electron chi connectivity index (χ1n) is 14.9. The first kappa shape index (κ1) is 25.1. The lowest BCUT2D eigenvalue weighted by Gasteiger charge is -2.58. The zero-order valence-corrected chi connectivity index (χ0v) is 22.9. The maximum atomic E-state index is 6.47. The third-order valence-electron chi connectivity index (χ3n) is 11.3. The Labute approximate surface area is 210 Å². The van der Waals surface area contributed by atoms with Crippen molar-refractivity contribution in [2.75, 3.05) is 6.61 Å². The number of fused-ring (bicyclic) bond motifs is 5. The molecular formula is C32H52O2. The van der Waals surface area contributed by atoms with E-state index in [9.17, 15) is 0 Å². The zero-order valence-electron chi connectivity index (χ0n) is 22.9. The van der Waals surface area contributed by atoms with Gasteiger partial charge in [-0.05, 0) is 131 Å². The van der Waals surface area contributed by atoms with Gasteiger partial charge >= 0.3 is 0 Å². The number of hydrogen-bond donors (Lipinski definition) is 0. The molecule has 0 bridgehead atoms. The SMILES string of the molecule is C/C(=C\CCC(C)C)[C@H]1CCC2C3CC=C4C[C@@H](OC5CCCCO5)CC[C@]4(C)C3CC[C@@]21C. The van der Waals surface area contributed by atoms with Crippen LogP contribution < -0.4 is 0 Å². The Morgan fingerprint density at radius 2 is 1.94 bits per heavy atom. The Morgan fingerprint density at radius 3 is 2.71 bits per heavy atom. The molecule has 8 atom stereocenters. The van der Waals surface area contributed by atoms with E-state index < -0.39 is 0 Å². The molecule has 0 aromatic carbocycles. The fourth-order valence-corrected chi connectivity index (χ4v) is 9.31. The lowest BCUT2D eigenvalue weighted by molar-refractivity contribution is -0.195. The summed E-state index contributed by atoms with van der Waals surface area (Å²) >= 11 is 0. The van der Waals surface area contributed by atoms with Crippen LogP contribution in [0.2, 0.25) is 0 Å². The number of rotatable bonds is 6. The van der Waals surface area contributed by atoms with Crippen LogP contribution in [0, 0.1) is 40.4 Å². The summed E-state index contributed by atoms with van der Waals surface area (Å²) in [5, 5.41) is 0. The van der Waals surface area contributed by atoms with Crippen LogP contribution in [-0.4, -0.2) is 19.0 Å². The molecule has 4 aliphatic carbocycles. The summed E-state index contributed by atoms with van der Waals surface area (Å²) < 4.78 is 12.4. The molecule has 3 saturated carbocycles. The molecule has 0 amide bonds. The van der Waals surface area contributed by atoms with Gasteiger partial charge in [-0.3, -0.25) is 0 Å². The van der Waals surface area contributed by atoms with Crippen molar-refractivity contribution in [2.45, 2.75) is 130 Å². The maximum Gasteiger partial charge on any atom is 0.157 e. The smallest absolute Gasteiger partial charge is 0.157 e. The van der Waals surface area contributed by atoms with Gasteiger partial charge in [-0.2, -0.15) is 0 Å². The Balaban J connectivity index is 1.27. The van der Waals surface area contributed by atoms with Crippen molar-refractivity contribution in [3.8, 4) is 0 Å². The molecule has 1 aliphatic heterocycles. The molecule has 2 nitrogen and oxygen atoms in total. The van der Waals surface area contributed by atoms with Gasteiger partial charge in [0.2, 0.25) is 0 Å². The summed E-state index contributed by atoms with van der Waals surface area (Å²) in [7, 11) is 0. The second-order valence-corrected chi connectivity index (χ2v) is 13.7. The van der Waals surface area contributed by atoms with E-state index in [0.717, 1.165) is 49.0 Å². The fraction of sp³-hybridized carbons (Fsp3) is 0.875. The van der Waals surface area contributed by atoms with Gasteiger partial charge < -0.3 is 9.47 Å². The molecule has 0 aromatic rings. The Morgan fingerprint density at radius 1 is 1.09 bits per heavy atom. The van der Waals surface area contributed by atoms with Gasteiger partial charge in [0.05, 0.1) is 6.10 Å². The van der Waals surface area contributed by atoms with E-state index in [0.29, 0.717) is 16.9 Å². The van der Waals surface area contributed by atoms with Crippen LogP contribution in [0.4, 0.5) is 0 Å². The summed E-state index contributed by atoms with van der Waals surface area (Å²) in [6.45, 7) is 13.4. The molecule has 5 rings (SSSR count). The standard InChI is InChI=1S/C32H52O2/c1-22(2)9-8-10-23(3)27-14-15-28-26-13-12-24-21-25(34-30-11-6-7-20-33-30)16-18-31(24,4)29(26)17-19-32(27,28)5/h10,12,22,25-30H,6-9,11,13-21H2,1-5H3/b23-10+/t25-,26?,27+,28?,29?,30?,31-,32+/m0/s1. The number of hydrogen-bond acceptors (Lipinski definition) is 2. The summed E-state index contributed by atoms with van der Waals surface area (Å²) in [6.07, 6.45) is 22.7. The van der Waals surface area contributed by atoms with Gasteiger partial charge in [-0.25, -0.2) is 0 Å². The highest BCUT2D eigenvalue weighted by Gasteiger charge is 2.58. The van der Waals surface area contributed by atoms with Crippen molar-refractivity contribution < 1.29 is 9.47 Å². The van der Waals surface area contributed by atoms with Crippen molar-refractivity contribution in [2.24, 2.45) is 40.4 Å². The van der Waals surface area contributed by atoms with Gasteiger partial charge in [0.1, 0.15) is 0 Å². The molecule has 0 radical (unpaired) electrons. The summed E-state index contributed by atoms with van der Waals surface area (Å²) in [5.74, 6) is 4.35. The maximum absolute atomic E-state index is 6.47. The highest BCUT2D eigenvalue weighted by Crippen LogP contribution is 2.67. The average molecular weight is 469 g/mol. The topological polar surface area (TPSA) is 18.5 Å². The van der Waals surface area contributed by atoms with E-state index in [-0.39, 0.29) is 6.29 Å². The Kier molecular flexibility index (Phi) is 7.40. The molecule has 1 heterocycles. The summed E-state index contributed by atoms with van der Waals surface area (Å²) in [4.78, 5) is 0. The first-order chi connectivity index (χ1) is 16.3. The second-order valence-electron chi connectivity index (χ2n) is 13.7. The van der Waals surface area contributed by atoms with Crippen molar-refractivity contribution in [3.05, 3.63) is 23.3 Å². The predicted octanol–water partition coefficient (Wildman–Crippen LogP) is 8.86. The molecule has 0 aromatic heterocycles. The van der Waals surface area contributed by atoms with E-state index in [2.05, 4.69) is 46.8 Å². The minimum atomic E-state index is 0.0580. The van der Waals surface area contributed by atoms with Crippen LogP contribution in [0.5, 0.6) is 0 Å². The molecule has 34 heavy (non-hydrogen) atoms. The highest BCUT2D eigenvalue weighted by molar-refractivity contribution is 5.26. The van der Waals surface area contributed by atoms with E-state index in [1.54, 1.807) is 11.1 Å². The molecule has 0 spiro atoms. The van der Waals surface area contributed by atoms with Gasteiger partial charge in [-0.15, -0.1) is 0 Å². The molecule has 4 fully saturated rings. The summed E-state index contributed by atoms with van der Waals surface area (Å²) in [5.41, 5.74) is 4.39. The molecule has 1 saturated heterocycles. The second kappa shape index (κ2) is 10.0. The fourth-order valence-electron chi connectivity index (χ4n) is 9.31. The minimum absolute atomic E-state index is 0.0580. The quantitative estimate of drug-likeness (QED) is 0.362. The van der Waals surface area contributed by atoms with E-state index in [1.165, 1.54) is 70.6 Å². The molecule has 192 valence electrons. The monoisotopic (exact) mass is 468 g/mol. The lowest BCUT2D eigenvalue weighted by Crippen LogP contribution is -2.50. The zero-order chi connectivity index (χ0) is 23.9. The van der Waals surface area contributed by atoms with Crippen molar-refractivity contribution in [1.29, 1.82) is 0 Å². The van der Waals surface area contributed by atoms with Crippen molar-refractivity contribution >= 4 is 0 Å². The largest absolute Gasteiger partial charge is 0.353 e. The minimum Gasteiger partial charge on any atom is -0.353 e. The number of ether oxygens (including phenoxy) is 2. The van der Waals surface area contributed by atoms with Gasteiger partial charge in [0.25, 0.3) is 0 Å². The predicted molar refractivity (Wildman–Crippen MR) is 141 cm³/mol. The van der Waals surface area contributed by atoms with Crippen LogP contribution in [0.25, 0.3) is 0 Å². The molecule has 2 heteroatoms. The molecule has 4 unspecified atom stereocenters. The van der Waals surface area contributed by atoms with Crippen molar-refractivity contribution in [3.63, 3.8) is 0 Å².